The smallest absolute Gasteiger partial charge is 0.287 e. The lowest BCUT2D eigenvalue weighted by Crippen LogP contribution is -2.36. The fourth-order valence-corrected chi connectivity index (χ4v) is 3.47. The first kappa shape index (κ1) is 15.7. The lowest BCUT2D eigenvalue weighted by atomic mass is 9.88. The van der Waals surface area contributed by atoms with Gasteiger partial charge in [-0.25, -0.2) is 4.98 Å². The maximum absolute atomic E-state index is 12.5. The summed E-state index contributed by atoms with van der Waals surface area (Å²) in [5, 5.41) is 13.9. The number of nitrogens with one attached hydrogen (secondary N) is 1. The van der Waals surface area contributed by atoms with Crippen LogP contribution >= 0.6 is 0 Å². The van der Waals surface area contributed by atoms with Gasteiger partial charge in [-0.15, -0.1) is 0 Å². The van der Waals surface area contributed by atoms with Gasteiger partial charge in [0.05, 0.1) is 4.92 Å². The summed E-state index contributed by atoms with van der Waals surface area (Å²) in [6.07, 6.45) is 7.77. The van der Waals surface area contributed by atoms with E-state index < -0.39 is 4.92 Å². The second kappa shape index (κ2) is 6.93. The molecule has 0 radical (unpaired) electrons. The number of carbonyl (C=O) groups is 1. The van der Waals surface area contributed by atoms with Gasteiger partial charge in [0.2, 0.25) is 5.91 Å². The molecule has 124 valence electrons. The van der Waals surface area contributed by atoms with Crippen molar-refractivity contribution in [1.82, 2.24) is 9.88 Å². The summed E-state index contributed by atoms with van der Waals surface area (Å²) in [4.78, 5) is 28.7. The predicted molar refractivity (Wildman–Crippen MR) is 86.1 cm³/mol. The molecule has 1 aliphatic carbocycles. The summed E-state index contributed by atoms with van der Waals surface area (Å²) < 4.78 is 0. The zero-order chi connectivity index (χ0) is 16.2. The Morgan fingerprint density at radius 2 is 2.04 bits per heavy atom. The standard InChI is InChI=1S/C16H22N4O3/c21-16(12-4-2-1-3-5-12)19-9-8-13(11-19)18-15-7-6-14(10-17-15)20(22)23/h6-7,10,12-13H,1-5,8-9,11H2,(H,17,18)/t13-/m1/s1. The van der Waals surface area contributed by atoms with Crippen LogP contribution in [0.4, 0.5) is 11.5 Å². The number of carbonyl (C=O) groups excluding carboxylic acids is 1. The van der Waals surface area contributed by atoms with Crippen molar-refractivity contribution in [3.63, 3.8) is 0 Å². The molecule has 1 saturated carbocycles. The molecule has 3 rings (SSSR count). The Balaban J connectivity index is 1.53. The highest BCUT2D eigenvalue weighted by Crippen LogP contribution is 2.27. The van der Waals surface area contributed by atoms with Crippen LogP contribution in [-0.2, 0) is 4.79 Å². The fraction of sp³-hybridized carbons (Fsp3) is 0.625. The van der Waals surface area contributed by atoms with Crippen LogP contribution in [0.25, 0.3) is 0 Å². The molecule has 1 N–H and O–H groups in total. The van der Waals surface area contributed by atoms with E-state index >= 15 is 0 Å². The molecule has 0 bridgehead atoms. The SMILES string of the molecule is O=C(C1CCCCC1)N1CC[C@@H](Nc2ccc([N+](=O)[O-])cn2)C1. The largest absolute Gasteiger partial charge is 0.365 e. The van der Waals surface area contributed by atoms with Gasteiger partial charge in [0.1, 0.15) is 12.0 Å². The molecule has 23 heavy (non-hydrogen) atoms. The van der Waals surface area contributed by atoms with Crippen molar-refractivity contribution < 1.29 is 9.72 Å². The zero-order valence-corrected chi connectivity index (χ0v) is 13.1. The molecule has 0 unspecified atom stereocenters. The molecule has 2 heterocycles. The Hall–Kier alpha value is -2.18. The van der Waals surface area contributed by atoms with Crippen LogP contribution in [0.15, 0.2) is 18.3 Å². The van der Waals surface area contributed by atoms with E-state index in [-0.39, 0.29) is 17.6 Å². The number of likely N-dealkylation sites (tertiary alicyclic amines) is 1. The Labute approximate surface area is 135 Å². The number of pyridine rings is 1. The van der Waals surface area contributed by atoms with Gasteiger partial charge in [-0.2, -0.15) is 0 Å². The third-order valence-corrected chi connectivity index (χ3v) is 4.77. The quantitative estimate of drug-likeness (QED) is 0.681. The summed E-state index contributed by atoms with van der Waals surface area (Å²) in [5.41, 5.74) is -0.0175. The van der Waals surface area contributed by atoms with Crippen LogP contribution in [0.3, 0.4) is 0 Å². The van der Waals surface area contributed by atoms with Gasteiger partial charge in [0.15, 0.2) is 0 Å². The summed E-state index contributed by atoms with van der Waals surface area (Å²) in [6, 6.07) is 3.22. The van der Waals surface area contributed by atoms with E-state index in [2.05, 4.69) is 10.3 Å². The van der Waals surface area contributed by atoms with Crippen LogP contribution in [0, 0.1) is 16.0 Å². The first-order valence-corrected chi connectivity index (χ1v) is 8.29. The highest BCUT2D eigenvalue weighted by atomic mass is 16.6. The minimum absolute atomic E-state index is 0.0175. The van der Waals surface area contributed by atoms with Gasteiger partial charge >= 0.3 is 0 Å². The summed E-state index contributed by atoms with van der Waals surface area (Å²) in [5.74, 6) is 1.12. The lowest BCUT2D eigenvalue weighted by Gasteiger charge is -2.26. The summed E-state index contributed by atoms with van der Waals surface area (Å²) in [6.45, 7) is 1.47. The summed E-state index contributed by atoms with van der Waals surface area (Å²) in [7, 11) is 0. The molecule has 7 nitrogen and oxygen atoms in total. The van der Waals surface area contributed by atoms with Crippen LogP contribution in [0.1, 0.15) is 38.5 Å². The highest BCUT2D eigenvalue weighted by molar-refractivity contribution is 5.79. The number of rotatable bonds is 4. The van der Waals surface area contributed by atoms with Crippen molar-refractivity contribution >= 4 is 17.4 Å². The maximum Gasteiger partial charge on any atom is 0.287 e. The molecule has 2 aliphatic rings. The van der Waals surface area contributed by atoms with Crippen LogP contribution in [0.2, 0.25) is 0 Å². The lowest BCUT2D eigenvalue weighted by molar-refractivity contribution is -0.385. The minimum Gasteiger partial charge on any atom is -0.365 e. The molecular weight excluding hydrogens is 296 g/mol. The van der Waals surface area contributed by atoms with Crippen molar-refractivity contribution in [2.45, 2.75) is 44.6 Å². The normalized spacial score (nSPS) is 22.1. The Kier molecular flexibility index (Phi) is 4.73. The van der Waals surface area contributed by atoms with Crippen molar-refractivity contribution in [1.29, 1.82) is 0 Å². The molecular formula is C16H22N4O3. The number of nitrogens with zero attached hydrogens (tertiary/aromatic N) is 3. The molecule has 1 atom stereocenters. The summed E-state index contributed by atoms with van der Waals surface area (Å²) >= 11 is 0. The second-order valence-electron chi connectivity index (χ2n) is 6.41. The molecule has 7 heteroatoms. The van der Waals surface area contributed by atoms with Gasteiger partial charge in [-0.3, -0.25) is 14.9 Å². The molecule has 2 fully saturated rings. The number of aromatic nitrogens is 1. The average molecular weight is 318 g/mol. The van der Waals surface area contributed by atoms with Crippen molar-refractivity contribution in [2.24, 2.45) is 5.92 Å². The molecule has 0 spiro atoms. The van der Waals surface area contributed by atoms with Crippen LogP contribution < -0.4 is 5.32 Å². The van der Waals surface area contributed by atoms with E-state index in [9.17, 15) is 14.9 Å². The third-order valence-electron chi connectivity index (χ3n) is 4.77. The van der Waals surface area contributed by atoms with E-state index in [1.165, 1.54) is 31.5 Å². The van der Waals surface area contributed by atoms with Crippen LogP contribution in [0.5, 0.6) is 0 Å². The van der Waals surface area contributed by atoms with Crippen molar-refractivity contribution in [3.05, 3.63) is 28.4 Å². The number of nitro groups is 1. The van der Waals surface area contributed by atoms with E-state index in [0.29, 0.717) is 18.3 Å². The van der Waals surface area contributed by atoms with Crippen LogP contribution in [-0.4, -0.2) is 39.8 Å². The average Bonchev–Trinajstić information content (AvgIpc) is 3.04. The monoisotopic (exact) mass is 318 g/mol. The Bertz CT molecular complexity index is 569. The van der Waals surface area contributed by atoms with Gasteiger partial charge in [0.25, 0.3) is 5.69 Å². The number of amides is 1. The van der Waals surface area contributed by atoms with E-state index in [1.54, 1.807) is 6.07 Å². The Morgan fingerprint density at radius 3 is 2.70 bits per heavy atom. The number of anilines is 1. The topological polar surface area (TPSA) is 88.4 Å². The minimum atomic E-state index is -0.461. The molecule has 0 aromatic carbocycles. The highest BCUT2D eigenvalue weighted by Gasteiger charge is 2.31. The molecule has 1 aromatic heterocycles. The predicted octanol–water partition coefficient (Wildman–Crippen LogP) is 2.58. The zero-order valence-electron chi connectivity index (χ0n) is 13.1. The molecule has 1 aliphatic heterocycles. The number of hydrogen-bond donors (Lipinski definition) is 1. The van der Waals surface area contributed by atoms with Gasteiger partial charge in [0, 0.05) is 31.1 Å². The second-order valence-corrected chi connectivity index (χ2v) is 6.41. The van der Waals surface area contributed by atoms with Crippen molar-refractivity contribution in [2.75, 3.05) is 18.4 Å². The van der Waals surface area contributed by atoms with E-state index in [0.717, 1.165) is 25.8 Å². The fourth-order valence-electron chi connectivity index (χ4n) is 3.47. The first-order valence-electron chi connectivity index (χ1n) is 8.29. The Morgan fingerprint density at radius 1 is 1.26 bits per heavy atom. The van der Waals surface area contributed by atoms with E-state index in [4.69, 9.17) is 0 Å². The number of hydrogen-bond acceptors (Lipinski definition) is 5. The maximum atomic E-state index is 12.5. The molecule has 1 amide bonds. The molecule has 1 saturated heterocycles. The van der Waals surface area contributed by atoms with Gasteiger partial charge < -0.3 is 10.2 Å². The molecule has 1 aromatic rings. The van der Waals surface area contributed by atoms with E-state index in [1.807, 2.05) is 4.90 Å². The third kappa shape index (κ3) is 3.78. The van der Waals surface area contributed by atoms with Gasteiger partial charge in [-0.05, 0) is 25.3 Å². The van der Waals surface area contributed by atoms with Gasteiger partial charge in [-0.1, -0.05) is 19.3 Å². The first-order chi connectivity index (χ1) is 11.1. The van der Waals surface area contributed by atoms with Crippen molar-refractivity contribution in [3.8, 4) is 0 Å².